The van der Waals surface area contributed by atoms with Crippen LogP contribution in [0.3, 0.4) is 0 Å². The van der Waals surface area contributed by atoms with Gasteiger partial charge in [-0.15, -0.1) is 0 Å². The van der Waals surface area contributed by atoms with Crippen molar-refractivity contribution in [3.8, 4) is 0 Å². The van der Waals surface area contributed by atoms with E-state index in [-0.39, 0.29) is 17.0 Å². The largest absolute Gasteiger partial charge is 0.372 e. The number of aromatic nitrogens is 1. The molecule has 2 amide bonds. The maximum absolute atomic E-state index is 13.8. The molecular weight excluding hydrogens is 536 g/mol. The van der Waals surface area contributed by atoms with Crippen LogP contribution >= 0.6 is 11.6 Å². The molecule has 216 valence electrons. The number of hydrogen-bond acceptors (Lipinski definition) is 5. The van der Waals surface area contributed by atoms with E-state index < -0.39 is 5.60 Å². The monoisotopic (exact) mass is 574 g/mol. The number of anilines is 1. The molecule has 2 aromatic carbocycles. The highest BCUT2D eigenvalue weighted by atomic mass is 35.5. The molecule has 7 nitrogen and oxygen atoms in total. The van der Waals surface area contributed by atoms with Crippen LogP contribution in [0.4, 0.5) is 5.82 Å². The predicted octanol–water partition coefficient (Wildman–Crippen LogP) is 5.22. The molecule has 2 aliphatic rings. The van der Waals surface area contributed by atoms with E-state index in [0.29, 0.717) is 41.6 Å². The maximum Gasteiger partial charge on any atom is 0.263 e. The highest BCUT2D eigenvalue weighted by Crippen LogP contribution is 2.35. The number of likely N-dealkylation sites (tertiary alicyclic amines) is 1. The van der Waals surface area contributed by atoms with Gasteiger partial charge < -0.3 is 19.8 Å². The molecule has 1 N–H and O–H groups in total. The minimum absolute atomic E-state index is 0.148. The van der Waals surface area contributed by atoms with Gasteiger partial charge in [-0.3, -0.25) is 9.59 Å². The molecule has 0 aliphatic carbocycles. The molecule has 3 heterocycles. The number of aliphatic hydroxyl groups is 1. The molecule has 8 heteroatoms. The smallest absolute Gasteiger partial charge is 0.263 e. The first-order chi connectivity index (χ1) is 19.8. The van der Waals surface area contributed by atoms with Crippen LogP contribution in [0, 0.1) is 11.8 Å². The lowest BCUT2D eigenvalue weighted by Gasteiger charge is -2.40. The van der Waals surface area contributed by atoms with Crippen molar-refractivity contribution < 1.29 is 14.7 Å². The quantitative estimate of drug-likeness (QED) is 0.392. The third kappa shape index (κ3) is 6.26. The number of halogens is 1. The van der Waals surface area contributed by atoms with Gasteiger partial charge in [0.1, 0.15) is 11.0 Å². The summed E-state index contributed by atoms with van der Waals surface area (Å²) >= 11 is 6.35. The van der Waals surface area contributed by atoms with Crippen LogP contribution in [-0.2, 0) is 10.4 Å². The number of nitrogens with zero attached hydrogens (tertiary/aromatic N) is 4. The van der Waals surface area contributed by atoms with Crippen molar-refractivity contribution in [3.05, 3.63) is 94.6 Å². The van der Waals surface area contributed by atoms with Crippen LogP contribution in [0.2, 0.25) is 5.15 Å². The Morgan fingerprint density at radius 3 is 1.85 bits per heavy atom. The first-order valence-corrected chi connectivity index (χ1v) is 14.9. The Bertz CT molecular complexity index is 1300. The predicted molar refractivity (Wildman–Crippen MR) is 162 cm³/mol. The third-order valence-corrected chi connectivity index (χ3v) is 8.96. The number of benzene rings is 2. The number of piperidine rings is 2. The number of pyridine rings is 1. The summed E-state index contributed by atoms with van der Waals surface area (Å²) in [4.78, 5) is 36.2. The zero-order chi connectivity index (χ0) is 29.0. The second kappa shape index (κ2) is 12.6. The van der Waals surface area contributed by atoms with E-state index >= 15 is 0 Å². The minimum Gasteiger partial charge on any atom is -0.372 e. The van der Waals surface area contributed by atoms with E-state index in [1.165, 1.54) is 4.90 Å². The normalized spacial score (nSPS) is 17.0. The molecule has 0 unspecified atom stereocenters. The fourth-order valence-corrected chi connectivity index (χ4v) is 6.47. The molecule has 0 bridgehead atoms. The second-order valence-electron chi connectivity index (χ2n) is 11.6. The van der Waals surface area contributed by atoms with E-state index in [1.54, 1.807) is 20.2 Å². The molecule has 1 aromatic heterocycles. The Hall–Kier alpha value is -3.42. The highest BCUT2D eigenvalue weighted by Gasteiger charge is 2.43. The van der Waals surface area contributed by atoms with Gasteiger partial charge >= 0.3 is 0 Å². The number of hydrogen-bond donors (Lipinski definition) is 1. The lowest BCUT2D eigenvalue weighted by atomic mass is 9.81. The first kappa shape index (κ1) is 29.1. The number of amides is 2. The number of carbonyl (C=O) groups excluding carboxylic acids is 2. The lowest BCUT2D eigenvalue weighted by molar-refractivity contribution is -0.149. The fraction of sp³-hybridized carbons (Fsp3) is 0.424. The Balaban J connectivity index is 1.15. The lowest BCUT2D eigenvalue weighted by Crippen LogP contribution is -2.50. The number of carbonyl (C=O) groups is 2. The summed E-state index contributed by atoms with van der Waals surface area (Å²) in [5.41, 5.74) is -0.0810. The standard InChI is InChI=1S/C33H39ClN4O3/c1-36(2)31(39)28-13-14-29(35-30(28)34)37-19-15-24(16-20-37)23-25-17-21-38(22-18-25)32(40)33(41,26-9-5-3-6-10-26)27-11-7-4-8-12-27/h3-14,24-25,41H,15-23H2,1-2H3. The third-order valence-electron chi connectivity index (χ3n) is 8.67. The van der Waals surface area contributed by atoms with Crippen molar-refractivity contribution in [3.63, 3.8) is 0 Å². The van der Waals surface area contributed by atoms with Crippen molar-refractivity contribution in [1.82, 2.24) is 14.8 Å². The highest BCUT2D eigenvalue weighted by molar-refractivity contribution is 6.32. The van der Waals surface area contributed by atoms with Crippen molar-refractivity contribution >= 4 is 29.2 Å². The van der Waals surface area contributed by atoms with Gasteiger partial charge in [-0.05, 0) is 67.2 Å². The minimum atomic E-state index is -1.70. The molecule has 0 spiro atoms. The van der Waals surface area contributed by atoms with Gasteiger partial charge in [-0.25, -0.2) is 4.98 Å². The van der Waals surface area contributed by atoms with Gasteiger partial charge in [0.05, 0.1) is 5.56 Å². The summed E-state index contributed by atoms with van der Waals surface area (Å²) < 4.78 is 0. The molecule has 2 fully saturated rings. The molecule has 2 aliphatic heterocycles. The zero-order valence-electron chi connectivity index (χ0n) is 23.9. The average molecular weight is 575 g/mol. The van der Waals surface area contributed by atoms with Crippen molar-refractivity contribution in [2.75, 3.05) is 45.2 Å². The second-order valence-corrected chi connectivity index (χ2v) is 11.9. The van der Waals surface area contributed by atoms with Crippen molar-refractivity contribution in [2.24, 2.45) is 11.8 Å². The molecule has 3 aromatic rings. The average Bonchev–Trinajstić information content (AvgIpc) is 3.01. The summed E-state index contributed by atoms with van der Waals surface area (Å²) in [5, 5.41) is 12.1. The van der Waals surface area contributed by atoms with E-state index in [2.05, 4.69) is 9.88 Å². The maximum atomic E-state index is 13.8. The van der Waals surface area contributed by atoms with Gasteiger partial charge in [0.2, 0.25) is 0 Å². The molecule has 2 saturated heterocycles. The van der Waals surface area contributed by atoms with Gasteiger partial charge in [-0.2, -0.15) is 0 Å². The Kier molecular flexibility index (Phi) is 8.95. The van der Waals surface area contributed by atoms with Crippen LogP contribution in [0.25, 0.3) is 0 Å². The van der Waals surface area contributed by atoms with Gasteiger partial charge in [0.25, 0.3) is 11.8 Å². The van der Waals surface area contributed by atoms with E-state index in [4.69, 9.17) is 11.6 Å². The topological polar surface area (TPSA) is 77.0 Å². The van der Waals surface area contributed by atoms with Crippen LogP contribution in [0.5, 0.6) is 0 Å². The van der Waals surface area contributed by atoms with Gasteiger partial charge in [0, 0.05) is 40.3 Å². The first-order valence-electron chi connectivity index (χ1n) is 14.5. The fourth-order valence-electron chi connectivity index (χ4n) is 6.24. The Labute approximate surface area is 247 Å². The molecular formula is C33H39ClN4O3. The van der Waals surface area contributed by atoms with Gasteiger partial charge in [-0.1, -0.05) is 72.3 Å². The van der Waals surface area contributed by atoms with Crippen LogP contribution in [0.1, 0.15) is 53.6 Å². The van der Waals surface area contributed by atoms with Crippen LogP contribution < -0.4 is 4.90 Å². The van der Waals surface area contributed by atoms with E-state index in [1.807, 2.05) is 71.6 Å². The summed E-state index contributed by atoms with van der Waals surface area (Å²) in [6.45, 7) is 3.14. The van der Waals surface area contributed by atoms with Gasteiger partial charge in [0.15, 0.2) is 5.60 Å². The summed E-state index contributed by atoms with van der Waals surface area (Å²) in [5.74, 6) is 1.63. The van der Waals surface area contributed by atoms with Crippen molar-refractivity contribution in [1.29, 1.82) is 0 Å². The molecule has 0 atom stereocenters. The molecule has 41 heavy (non-hydrogen) atoms. The molecule has 0 radical (unpaired) electrons. The van der Waals surface area contributed by atoms with Crippen molar-refractivity contribution in [2.45, 2.75) is 37.7 Å². The molecule has 5 rings (SSSR count). The summed E-state index contributed by atoms with van der Waals surface area (Å²) in [7, 11) is 3.41. The number of rotatable bonds is 7. The van der Waals surface area contributed by atoms with Crippen LogP contribution in [-0.4, -0.2) is 72.0 Å². The van der Waals surface area contributed by atoms with E-state index in [9.17, 15) is 14.7 Å². The van der Waals surface area contributed by atoms with Crippen LogP contribution in [0.15, 0.2) is 72.8 Å². The van der Waals surface area contributed by atoms with E-state index in [0.717, 1.165) is 51.0 Å². The SMILES string of the molecule is CN(C)C(=O)c1ccc(N2CCC(CC3CCN(C(=O)C(O)(c4ccccc4)c4ccccc4)CC3)CC2)nc1Cl. The Morgan fingerprint density at radius 1 is 0.854 bits per heavy atom. The summed E-state index contributed by atoms with van der Waals surface area (Å²) in [6, 6.07) is 22.2. The summed E-state index contributed by atoms with van der Waals surface area (Å²) in [6.07, 6.45) is 5.22. The molecule has 0 saturated carbocycles. The Morgan fingerprint density at radius 2 is 1.37 bits per heavy atom. The zero-order valence-corrected chi connectivity index (χ0v) is 24.6.